The van der Waals surface area contributed by atoms with Gasteiger partial charge in [0.2, 0.25) is 0 Å². The summed E-state index contributed by atoms with van der Waals surface area (Å²) in [5.74, 6) is 0. The molecule has 0 aliphatic heterocycles. The minimum absolute atomic E-state index is 0.564. The van der Waals surface area contributed by atoms with Crippen LogP contribution >= 0.6 is 7.52 Å². The molecule has 4 heteroatoms. The Morgan fingerprint density at radius 1 is 1.67 bits per heavy atom. The normalized spacial score (nSPS) is 17.2. The Kier molecular flexibility index (Phi) is 4.11. The first-order valence-corrected chi connectivity index (χ1v) is 5.10. The smallest absolute Gasteiger partial charge is 0.266 e. The Bertz CT molecular complexity index is 116. The van der Waals surface area contributed by atoms with E-state index in [0.717, 1.165) is 6.42 Å². The molecule has 0 aliphatic carbocycles. The maximum absolute atomic E-state index is 11.0. The van der Waals surface area contributed by atoms with Gasteiger partial charge >= 0.3 is 0 Å². The second kappa shape index (κ2) is 4.04. The standard InChI is InChI=1S/C5H14NO2P/c1-4-5-8-9(3,7)6-2/h4-5H2,1-3H3,(H,6,7). The van der Waals surface area contributed by atoms with E-state index in [1.54, 1.807) is 13.7 Å². The van der Waals surface area contributed by atoms with Gasteiger partial charge in [0.05, 0.1) is 6.61 Å². The van der Waals surface area contributed by atoms with Crippen molar-refractivity contribution in [3.05, 3.63) is 0 Å². The average Bonchev–Trinajstić information content (AvgIpc) is 1.84. The SMILES string of the molecule is CCCOP(C)(=O)NC. The molecule has 0 aromatic heterocycles. The van der Waals surface area contributed by atoms with Crippen LogP contribution in [0.25, 0.3) is 0 Å². The molecule has 56 valence electrons. The van der Waals surface area contributed by atoms with Crippen molar-refractivity contribution in [3.8, 4) is 0 Å². The van der Waals surface area contributed by atoms with Crippen molar-refractivity contribution in [2.75, 3.05) is 20.3 Å². The fraction of sp³-hybridized carbons (Fsp3) is 1.00. The van der Waals surface area contributed by atoms with Crippen LogP contribution in [0.5, 0.6) is 0 Å². The minimum atomic E-state index is -2.44. The highest BCUT2D eigenvalue weighted by molar-refractivity contribution is 7.55. The maximum atomic E-state index is 11.0. The van der Waals surface area contributed by atoms with Crippen LogP contribution in [0.2, 0.25) is 0 Å². The minimum Gasteiger partial charge on any atom is -0.318 e. The lowest BCUT2D eigenvalue weighted by Crippen LogP contribution is -2.04. The van der Waals surface area contributed by atoms with Crippen LogP contribution in [0.15, 0.2) is 0 Å². The first kappa shape index (κ1) is 9.15. The molecule has 0 spiro atoms. The van der Waals surface area contributed by atoms with Gasteiger partial charge in [-0.3, -0.25) is 4.57 Å². The van der Waals surface area contributed by atoms with E-state index in [0.29, 0.717) is 6.61 Å². The van der Waals surface area contributed by atoms with Crippen molar-refractivity contribution < 1.29 is 9.09 Å². The number of hydrogen-bond donors (Lipinski definition) is 1. The van der Waals surface area contributed by atoms with E-state index >= 15 is 0 Å². The molecule has 0 amide bonds. The lowest BCUT2D eigenvalue weighted by Gasteiger charge is -2.10. The number of nitrogens with one attached hydrogen (secondary N) is 1. The molecule has 0 fully saturated rings. The van der Waals surface area contributed by atoms with Crippen LogP contribution in [-0.4, -0.2) is 20.3 Å². The fourth-order valence-corrected chi connectivity index (χ4v) is 0.990. The molecule has 0 saturated carbocycles. The van der Waals surface area contributed by atoms with Gasteiger partial charge in [0.1, 0.15) is 0 Å². The van der Waals surface area contributed by atoms with E-state index in [4.69, 9.17) is 4.52 Å². The highest BCUT2D eigenvalue weighted by Gasteiger charge is 2.09. The second-order valence-electron chi connectivity index (χ2n) is 1.90. The van der Waals surface area contributed by atoms with Gasteiger partial charge in [-0.15, -0.1) is 0 Å². The molecule has 1 N–H and O–H groups in total. The quantitative estimate of drug-likeness (QED) is 0.618. The van der Waals surface area contributed by atoms with Gasteiger partial charge in [-0.2, -0.15) is 0 Å². The molecule has 0 aromatic carbocycles. The van der Waals surface area contributed by atoms with Crippen molar-refractivity contribution >= 4 is 7.52 Å². The summed E-state index contributed by atoms with van der Waals surface area (Å²) in [4.78, 5) is 0. The van der Waals surface area contributed by atoms with Crippen molar-refractivity contribution in [1.29, 1.82) is 0 Å². The summed E-state index contributed by atoms with van der Waals surface area (Å²) in [7, 11) is -0.805. The van der Waals surface area contributed by atoms with Crippen LogP contribution in [0, 0.1) is 0 Å². The van der Waals surface area contributed by atoms with Gasteiger partial charge in [0.25, 0.3) is 7.52 Å². The van der Waals surface area contributed by atoms with Crippen molar-refractivity contribution in [2.24, 2.45) is 0 Å². The zero-order chi connectivity index (χ0) is 7.33. The molecule has 0 bridgehead atoms. The zero-order valence-corrected chi connectivity index (χ0v) is 7.07. The van der Waals surface area contributed by atoms with E-state index in [1.165, 1.54) is 0 Å². The Hall–Kier alpha value is 0.150. The summed E-state index contributed by atoms with van der Waals surface area (Å²) in [6.45, 7) is 4.12. The molecular formula is C5H14NO2P. The topological polar surface area (TPSA) is 38.3 Å². The van der Waals surface area contributed by atoms with Gasteiger partial charge in [0.15, 0.2) is 0 Å². The van der Waals surface area contributed by atoms with Gasteiger partial charge in [-0.05, 0) is 13.5 Å². The highest BCUT2D eigenvalue weighted by Crippen LogP contribution is 2.35. The van der Waals surface area contributed by atoms with Crippen LogP contribution in [0.4, 0.5) is 0 Å². The molecule has 0 heterocycles. The monoisotopic (exact) mass is 151 g/mol. The van der Waals surface area contributed by atoms with Crippen molar-refractivity contribution in [1.82, 2.24) is 5.09 Å². The predicted octanol–water partition coefficient (Wildman–Crippen LogP) is 1.46. The molecular weight excluding hydrogens is 137 g/mol. The summed E-state index contributed by atoms with van der Waals surface area (Å²) < 4.78 is 16.0. The maximum Gasteiger partial charge on any atom is 0.266 e. The van der Waals surface area contributed by atoms with E-state index in [2.05, 4.69) is 5.09 Å². The van der Waals surface area contributed by atoms with Gasteiger partial charge in [-0.1, -0.05) is 6.92 Å². The second-order valence-corrected chi connectivity index (χ2v) is 4.30. The van der Waals surface area contributed by atoms with Crippen LogP contribution in [0.3, 0.4) is 0 Å². The summed E-state index contributed by atoms with van der Waals surface area (Å²) in [6.07, 6.45) is 0.902. The molecule has 0 aromatic rings. The van der Waals surface area contributed by atoms with Crippen LogP contribution in [-0.2, 0) is 9.09 Å². The first-order valence-electron chi connectivity index (χ1n) is 3.03. The zero-order valence-electron chi connectivity index (χ0n) is 6.18. The van der Waals surface area contributed by atoms with Crippen LogP contribution < -0.4 is 5.09 Å². The van der Waals surface area contributed by atoms with Crippen molar-refractivity contribution in [2.45, 2.75) is 13.3 Å². The van der Waals surface area contributed by atoms with Gasteiger partial charge < -0.3 is 4.52 Å². The molecule has 3 nitrogen and oxygen atoms in total. The van der Waals surface area contributed by atoms with Crippen LogP contribution in [0.1, 0.15) is 13.3 Å². The number of rotatable bonds is 4. The lowest BCUT2D eigenvalue weighted by atomic mass is 10.5. The number of hydrogen-bond acceptors (Lipinski definition) is 2. The highest BCUT2D eigenvalue weighted by atomic mass is 31.2. The summed E-state index contributed by atoms with van der Waals surface area (Å²) in [6, 6.07) is 0. The Morgan fingerprint density at radius 2 is 2.22 bits per heavy atom. The lowest BCUT2D eigenvalue weighted by molar-refractivity contribution is 0.311. The van der Waals surface area contributed by atoms with E-state index in [1.807, 2.05) is 6.92 Å². The van der Waals surface area contributed by atoms with Crippen molar-refractivity contribution in [3.63, 3.8) is 0 Å². The van der Waals surface area contributed by atoms with E-state index in [9.17, 15) is 4.57 Å². The molecule has 0 rings (SSSR count). The third kappa shape index (κ3) is 4.64. The first-order chi connectivity index (χ1) is 4.12. The van der Waals surface area contributed by atoms with E-state index < -0.39 is 7.52 Å². The van der Waals surface area contributed by atoms with Gasteiger partial charge in [-0.25, -0.2) is 5.09 Å². The Morgan fingerprint density at radius 3 is 2.56 bits per heavy atom. The third-order valence-corrected chi connectivity index (χ3v) is 2.44. The average molecular weight is 151 g/mol. The van der Waals surface area contributed by atoms with Gasteiger partial charge in [0, 0.05) is 6.66 Å². The third-order valence-electron chi connectivity index (χ3n) is 0.948. The Labute approximate surface area is 56.3 Å². The summed E-state index contributed by atoms with van der Waals surface area (Å²) >= 11 is 0. The largest absolute Gasteiger partial charge is 0.318 e. The summed E-state index contributed by atoms with van der Waals surface area (Å²) in [5, 5.41) is 2.61. The molecule has 9 heavy (non-hydrogen) atoms. The molecule has 0 saturated heterocycles. The Balaban J connectivity index is 3.46. The fourth-order valence-electron chi connectivity index (χ4n) is 0.330. The molecule has 0 radical (unpaired) electrons. The molecule has 1 unspecified atom stereocenters. The molecule has 0 aliphatic rings. The van der Waals surface area contributed by atoms with E-state index in [-0.39, 0.29) is 0 Å². The molecule has 1 atom stereocenters. The summed E-state index contributed by atoms with van der Waals surface area (Å²) in [5.41, 5.74) is 0. The predicted molar refractivity (Wildman–Crippen MR) is 38.8 cm³/mol.